The molecule has 2 rings (SSSR count). The SMILES string of the molecule is Cc1ccc(F)cc1CC1CO1. The van der Waals surface area contributed by atoms with Crippen LogP contribution in [0.1, 0.15) is 11.1 Å². The van der Waals surface area contributed by atoms with Crippen molar-refractivity contribution in [2.24, 2.45) is 0 Å². The van der Waals surface area contributed by atoms with Gasteiger partial charge in [-0.2, -0.15) is 0 Å². The molecule has 1 heterocycles. The van der Waals surface area contributed by atoms with Gasteiger partial charge in [0.1, 0.15) is 5.82 Å². The van der Waals surface area contributed by atoms with Gasteiger partial charge >= 0.3 is 0 Å². The van der Waals surface area contributed by atoms with E-state index in [1.165, 1.54) is 6.07 Å². The first-order chi connectivity index (χ1) is 5.75. The molecular formula is C10H11FO. The molecule has 1 aliphatic heterocycles. The Morgan fingerprint density at radius 2 is 2.33 bits per heavy atom. The highest BCUT2D eigenvalue weighted by Gasteiger charge is 2.23. The molecule has 1 aromatic rings. The van der Waals surface area contributed by atoms with Gasteiger partial charge in [-0.05, 0) is 30.2 Å². The summed E-state index contributed by atoms with van der Waals surface area (Å²) in [5, 5.41) is 0. The van der Waals surface area contributed by atoms with Gasteiger partial charge in [-0.25, -0.2) is 4.39 Å². The summed E-state index contributed by atoms with van der Waals surface area (Å²) in [7, 11) is 0. The van der Waals surface area contributed by atoms with Crippen molar-refractivity contribution in [2.45, 2.75) is 19.4 Å². The van der Waals surface area contributed by atoms with E-state index in [2.05, 4.69) is 0 Å². The molecule has 1 aliphatic rings. The lowest BCUT2D eigenvalue weighted by Crippen LogP contribution is -1.96. The largest absolute Gasteiger partial charge is 0.373 e. The minimum Gasteiger partial charge on any atom is -0.373 e. The molecule has 1 nitrogen and oxygen atoms in total. The van der Waals surface area contributed by atoms with E-state index in [-0.39, 0.29) is 5.82 Å². The smallest absolute Gasteiger partial charge is 0.123 e. The van der Waals surface area contributed by atoms with Crippen LogP contribution in [-0.2, 0) is 11.2 Å². The molecule has 0 saturated carbocycles. The molecule has 2 heteroatoms. The van der Waals surface area contributed by atoms with Gasteiger partial charge in [-0.1, -0.05) is 6.07 Å². The highest BCUT2D eigenvalue weighted by molar-refractivity contribution is 5.27. The summed E-state index contributed by atoms with van der Waals surface area (Å²) in [6, 6.07) is 4.90. The Morgan fingerprint density at radius 3 is 3.00 bits per heavy atom. The van der Waals surface area contributed by atoms with Crippen molar-refractivity contribution in [1.29, 1.82) is 0 Å². The Balaban J connectivity index is 2.21. The summed E-state index contributed by atoms with van der Waals surface area (Å²) < 4.78 is 17.9. The number of ether oxygens (including phenoxy) is 1. The number of aryl methyl sites for hydroxylation is 1. The Hall–Kier alpha value is -0.890. The quantitative estimate of drug-likeness (QED) is 0.613. The molecule has 0 amide bonds. The number of rotatable bonds is 2. The zero-order valence-electron chi connectivity index (χ0n) is 7.01. The fourth-order valence-corrected chi connectivity index (χ4v) is 1.29. The Labute approximate surface area is 71.2 Å². The second kappa shape index (κ2) is 2.87. The molecule has 1 fully saturated rings. The summed E-state index contributed by atoms with van der Waals surface area (Å²) in [6.45, 7) is 2.83. The topological polar surface area (TPSA) is 12.5 Å². The van der Waals surface area contributed by atoms with Crippen LogP contribution in [-0.4, -0.2) is 12.7 Å². The Kier molecular flexibility index (Phi) is 1.85. The number of epoxide rings is 1. The maximum atomic E-state index is 12.8. The van der Waals surface area contributed by atoms with Gasteiger partial charge in [0.25, 0.3) is 0 Å². The van der Waals surface area contributed by atoms with Gasteiger partial charge in [0.05, 0.1) is 12.7 Å². The van der Waals surface area contributed by atoms with Crippen LogP contribution < -0.4 is 0 Å². The molecule has 1 unspecified atom stereocenters. The van der Waals surface area contributed by atoms with E-state index in [4.69, 9.17) is 4.74 Å². The molecule has 1 aromatic carbocycles. The molecule has 0 bridgehead atoms. The lowest BCUT2D eigenvalue weighted by Gasteiger charge is -2.02. The molecule has 0 aliphatic carbocycles. The van der Waals surface area contributed by atoms with Crippen LogP contribution in [0.25, 0.3) is 0 Å². The first kappa shape index (κ1) is 7.74. The third kappa shape index (κ3) is 1.64. The summed E-state index contributed by atoms with van der Waals surface area (Å²) in [6.07, 6.45) is 1.19. The van der Waals surface area contributed by atoms with Gasteiger partial charge < -0.3 is 4.74 Å². The standard InChI is InChI=1S/C10H11FO/c1-7-2-3-9(11)4-8(7)5-10-6-12-10/h2-4,10H,5-6H2,1H3. The van der Waals surface area contributed by atoms with E-state index >= 15 is 0 Å². The van der Waals surface area contributed by atoms with E-state index < -0.39 is 0 Å². The lowest BCUT2D eigenvalue weighted by molar-refractivity contribution is 0.407. The summed E-state index contributed by atoms with van der Waals surface area (Å²) in [5.74, 6) is -0.156. The van der Waals surface area contributed by atoms with Crippen molar-refractivity contribution in [3.63, 3.8) is 0 Å². The summed E-state index contributed by atoms with van der Waals surface area (Å²) in [4.78, 5) is 0. The molecule has 0 radical (unpaired) electrons. The van der Waals surface area contributed by atoms with Crippen LogP contribution in [0.5, 0.6) is 0 Å². The van der Waals surface area contributed by atoms with Crippen LogP contribution in [0.15, 0.2) is 18.2 Å². The summed E-state index contributed by atoms with van der Waals surface area (Å²) >= 11 is 0. The predicted octanol–water partition coefficient (Wildman–Crippen LogP) is 2.08. The lowest BCUT2D eigenvalue weighted by atomic mass is 10.0. The van der Waals surface area contributed by atoms with Crippen molar-refractivity contribution in [3.8, 4) is 0 Å². The van der Waals surface area contributed by atoms with Crippen molar-refractivity contribution in [1.82, 2.24) is 0 Å². The van der Waals surface area contributed by atoms with Crippen LogP contribution in [0.2, 0.25) is 0 Å². The second-order valence-corrected chi connectivity index (χ2v) is 3.23. The molecule has 1 atom stereocenters. The van der Waals surface area contributed by atoms with Crippen molar-refractivity contribution in [3.05, 3.63) is 35.1 Å². The van der Waals surface area contributed by atoms with Crippen molar-refractivity contribution >= 4 is 0 Å². The van der Waals surface area contributed by atoms with Gasteiger partial charge in [0.15, 0.2) is 0 Å². The summed E-state index contributed by atoms with van der Waals surface area (Å²) in [5.41, 5.74) is 2.21. The normalized spacial score (nSPS) is 21.0. The molecule has 0 aromatic heterocycles. The number of benzene rings is 1. The molecule has 1 saturated heterocycles. The van der Waals surface area contributed by atoms with Crippen LogP contribution in [0.3, 0.4) is 0 Å². The van der Waals surface area contributed by atoms with Crippen LogP contribution in [0, 0.1) is 12.7 Å². The monoisotopic (exact) mass is 166 g/mol. The highest BCUT2D eigenvalue weighted by Crippen LogP contribution is 2.19. The van der Waals surface area contributed by atoms with Crippen molar-refractivity contribution in [2.75, 3.05) is 6.61 Å². The fraction of sp³-hybridized carbons (Fsp3) is 0.400. The molecule has 64 valence electrons. The number of halogens is 1. The van der Waals surface area contributed by atoms with Gasteiger partial charge in [-0.15, -0.1) is 0 Å². The second-order valence-electron chi connectivity index (χ2n) is 3.23. The highest BCUT2D eigenvalue weighted by atomic mass is 19.1. The van der Waals surface area contributed by atoms with E-state index in [1.54, 1.807) is 6.07 Å². The van der Waals surface area contributed by atoms with Gasteiger partial charge in [0, 0.05) is 6.42 Å². The van der Waals surface area contributed by atoms with Gasteiger partial charge in [-0.3, -0.25) is 0 Å². The minimum atomic E-state index is -0.156. The van der Waals surface area contributed by atoms with E-state index in [9.17, 15) is 4.39 Å². The average Bonchev–Trinajstić information content (AvgIpc) is 2.81. The van der Waals surface area contributed by atoms with E-state index in [1.807, 2.05) is 13.0 Å². The zero-order chi connectivity index (χ0) is 8.55. The maximum absolute atomic E-state index is 12.8. The molecule has 0 spiro atoms. The first-order valence-electron chi connectivity index (χ1n) is 4.12. The Bertz CT molecular complexity index is 292. The number of hydrogen-bond donors (Lipinski definition) is 0. The first-order valence-corrected chi connectivity index (χ1v) is 4.12. The van der Waals surface area contributed by atoms with Crippen LogP contribution in [0.4, 0.5) is 4.39 Å². The van der Waals surface area contributed by atoms with E-state index in [0.29, 0.717) is 6.10 Å². The molecule has 12 heavy (non-hydrogen) atoms. The minimum absolute atomic E-state index is 0.156. The third-order valence-corrected chi connectivity index (χ3v) is 2.16. The zero-order valence-corrected chi connectivity index (χ0v) is 7.01. The fourth-order valence-electron chi connectivity index (χ4n) is 1.29. The van der Waals surface area contributed by atoms with Crippen molar-refractivity contribution < 1.29 is 9.13 Å². The Morgan fingerprint density at radius 1 is 1.58 bits per heavy atom. The molecule has 0 N–H and O–H groups in total. The predicted molar refractivity (Wildman–Crippen MR) is 44.6 cm³/mol. The van der Waals surface area contributed by atoms with E-state index in [0.717, 1.165) is 24.2 Å². The number of hydrogen-bond acceptors (Lipinski definition) is 1. The average molecular weight is 166 g/mol. The molecular weight excluding hydrogens is 155 g/mol. The third-order valence-electron chi connectivity index (χ3n) is 2.16. The van der Waals surface area contributed by atoms with Crippen LogP contribution >= 0.6 is 0 Å². The maximum Gasteiger partial charge on any atom is 0.123 e. The van der Waals surface area contributed by atoms with Gasteiger partial charge in [0.2, 0.25) is 0 Å².